The summed E-state index contributed by atoms with van der Waals surface area (Å²) in [6, 6.07) is 3.91. The first kappa shape index (κ1) is 13.3. The highest BCUT2D eigenvalue weighted by molar-refractivity contribution is 6.30. The van der Waals surface area contributed by atoms with Crippen LogP contribution in [0, 0.1) is 0 Å². The number of carboxylic acid groups (broad SMARTS) is 1. The van der Waals surface area contributed by atoms with Gasteiger partial charge in [0.15, 0.2) is 0 Å². The fraction of sp³-hybridized carbons (Fsp3) is 0.273. The van der Waals surface area contributed by atoms with Gasteiger partial charge in [0, 0.05) is 11.4 Å². The summed E-state index contributed by atoms with van der Waals surface area (Å²) in [7, 11) is 1.48. The van der Waals surface area contributed by atoms with Crippen molar-refractivity contribution in [3.8, 4) is 5.75 Å². The molecule has 0 aliphatic heterocycles. The highest BCUT2D eigenvalue weighted by atomic mass is 35.5. The summed E-state index contributed by atoms with van der Waals surface area (Å²) in [6.07, 6.45) is 0.466. The van der Waals surface area contributed by atoms with E-state index >= 15 is 0 Å². The van der Waals surface area contributed by atoms with Crippen LogP contribution in [-0.2, 0) is 16.0 Å². The maximum absolute atomic E-state index is 10.9. The fourth-order valence-corrected chi connectivity index (χ4v) is 1.62. The molecule has 0 saturated heterocycles. The predicted octanol–water partition coefficient (Wildman–Crippen LogP) is 1.09. The molecule has 1 unspecified atom stereocenters. The maximum Gasteiger partial charge on any atom is 0.326 e. The molecule has 0 aliphatic carbocycles. The van der Waals surface area contributed by atoms with Crippen LogP contribution in [0.15, 0.2) is 18.2 Å². The molecule has 0 saturated carbocycles. The van der Waals surface area contributed by atoms with Crippen molar-refractivity contribution >= 4 is 24.0 Å². The third kappa shape index (κ3) is 3.64. The second-order valence-electron chi connectivity index (χ2n) is 3.34. The van der Waals surface area contributed by atoms with Gasteiger partial charge < -0.3 is 15.2 Å². The molecule has 0 spiro atoms. The zero-order valence-corrected chi connectivity index (χ0v) is 9.90. The SMILES string of the molecule is COc1ccc(Cl)cc1CC(NC=O)C(=O)O. The van der Waals surface area contributed by atoms with Crippen molar-refractivity contribution < 1.29 is 19.4 Å². The van der Waals surface area contributed by atoms with Gasteiger partial charge in [0.25, 0.3) is 0 Å². The Morgan fingerprint density at radius 3 is 2.88 bits per heavy atom. The highest BCUT2D eigenvalue weighted by Crippen LogP contribution is 2.23. The number of hydrogen-bond donors (Lipinski definition) is 2. The van der Waals surface area contributed by atoms with Gasteiger partial charge in [-0.25, -0.2) is 4.79 Å². The van der Waals surface area contributed by atoms with Crippen LogP contribution in [0.3, 0.4) is 0 Å². The molecule has 0 radical (unpaired) electrons. The summed E-state index contributed by atoms with van der Waals surface area (Å²) in [6.45, 7) is 0. The molecule has 1 amide bonds. The summed E-state index contributed by atoms with van der Waals surface area (Å²) >= 11 is 5.82. The van der Waals surface area contributed by atoms with Crippen LogP contribution in [0.1, 0.15) is 5.56 Å². The Hall–Kier alpha value is -1.75. The number of carboxylic acids is 1. The third-order valence-corrected chi connectivity index (χ3v) is 2.47. The van der Waals surface area contributed by atoms with Gasteiger partial charge in [0.1, 0.15) is 11.8 Å². The first-order valence-corrected chi connectivity index (χ1v) is 5.21. The van der Waals surface area contributed by atoms with Crippen LogP contribution >= 0.6 is 11.6 Å². The van der Waals surface area contributed by atoms with Crippen LogP contribution < -0.4 is 10.1 Å². The van der Waals surface area contributed by atoms with Crippen molar-refractivity contribution in [3.63, 3.8) is 0 Å². The largest absolute Gasteiger partial charge is 0.496 e. The van der Waals surface area contributed by atoms with E-state index < -0.39 is 12.0 Å². The van der Waals surface area contributed by atoms with Crippen LogP contribution in [0.4, 0.5) is 0 Å². The van der Waals surface area contributed by atoms with Gasteiger partial charge in [-0.2, -0.15) is 0 Å². The van der Waals surface area contributed by atoms with Crippen LogP contribution in [-0.4, -0.2) is 30.6 Å². The number of nitrogens with one attached hydrogen (secondary N) is 1. The molecule has 92 valence electrons. The number of halogens is 1. The first-order valence-electron chi connectivity index (χ1n) is 4.83. The molecule has 0 fully saturated rings. The van der Waals surface area contributed by atoms with Crippen molar-refractivity contribution in [1.29, 1.82) is 0 Å². The summed E-state index contributed by atoms with van der Waals surface area (Å²) in [5.41, 5.74) is 0.627. The number of rotatable bonds is 6. The number of benzene rings is 1. The van der Waals surface area contributed by atoms with Gasteiger partial charge in [-0.15, -0.1) is 0 Å². The standard InChI is InChI=1S/C11H12ClNO4/c1-17-10-3-2-8(12)4-7(10)5-9(11(15)16)13-6-14/h2-4,6,9H,5H2,1H3,(H,13,14)(H,15,16). The van der Waals surface area contributed by atoms with Crippen molar-refractivity contribution in [1.82, 2.24) is 5.32 Å². The van der Waals surface area contributed by atoms with Gasteiger partial charge in [0.2, 0.25) is 6.41 Å². The second-order valence-corrected chi connectivity index (χ2v) is 3.77. The lowest BCUT2D eigenvalue weighted by molar-refractivity contribution is -0.140. The minimum absolute atomic E-state index is 0.109. The van der Waals surface area contributed by atoms with Crippen LogP contribution in [0.5, 0.6) is 5.75 Å². The molecule has 17 heavy (non-hydrogen) atoms. The van der Waals surface area contributed by atoms with Crippen molar-refractivity contribution in [2.45, 2.75) is 12.5 Å². The van der Waals surface area contributed by atoms with Gasteiger partial charge in [-0.3, -0.25) is 4.79 Å². The van der Waals surface area contributed by atoms with Crippen molar-refractivity contribution in [2.75, 3.05) is 7.11 Å². The van der Waals surface area contributed by atoms with Crippen LogP contribution in [0.25, 0.3) is 0 Å². The number of amides is 1. The Morgan fingerprint density at radius 1 is 1.65 bits per heavy atom. The lowest BCUT2D eigenvalue weighted by Crippen LogP contribution is -2.37. The van der Waals surface area contributed by atoms with E-state index in [2.05, 4.69) is 5.32 Å². The first-order chi connectivity index (χ1) is 8.08. The van der Waals surface area contributed by atoms with E-state index in [9.17, 15) is 9.59 Å². The Labute approximate surface area is 103 Å². The smallest absolute Gasteiger partial charge is 0.326 e. The summed E-state index contributed by atoms with van der Waals surface area (Å²) < 4.78 is 5.09. The zero-order valence-electron chi connectivity index (χ0n) is 9.14. The van der Waals surface area contributed by atoms with E-state index in [4.69, 9.17) is 21.4 Å². The summed E-state index contributed by atoms with van der Waals surface area (Å²) in [5.74, 6) is -0.576. The topological polar surface area (TPSA) is 75.6 Å². The molecule has 0 aliphatic rings. The molecule has 0 aromatic heterocycles. The van der Waals surface area contributed by atoms with Gasteiger partial charge in [0.05, 0.1) is 7.11 Å². The van der Waals surface area contributed by atoms with E-state index in [-0.39, 0.29) is 6.42 Å². The molecule has 1 aromatic rings. The summed E-state index contributed by atoms with van der Waals surface area (Å²) in [5, 5.41) is 11.6. The molecule has 2 N–H and O–H groups in total. The number of carbonyl (C=O) groups is 2. The molecule has 1 aromatic carbocycles. The number of carbonyl (C=O) groups excluding carboxylic acids is 1. The molecule has 1 rings (SSSR count). The number of methoxy groups -OCH3 is 1. The van der Waals surface area contributed by atoms with E-state index in [1.54, 1.807) is 18.2 Å². The minimum atomic E-state index is -1.11. The predicted molar refractivity (Wildman–Crippen MR) is 62.3 cm³/mol. The van der Waals surface area contributed by atoms with Crippen molar-refractivity contribution in [3.05, 3.63) is 28.8 Å². The maximum atomic E-state index is 10.9. The number of aliphatic carboxylic acids is 1. The molecule has 6 heteroatoms. The van der Waals surface area contributed by atoms with E-state index in [0.717, 1.165) is 0 Å². The minimum Gasteiger partial charge on any atom is -0.496 e. The number of ether oxygens (including phenoxy) is 1. The van der Waals surface area contributed by atoms with E-state index in [1.165, 1.54) is 7.11 Å². The second kappa shape index (κ2) is 6.10. The normalized spacial score (nSPS) is 11.6. The molecule has 0 bridgehead atoms. The Kier molecular flexibility index (Phi) is 4.78. The highest BCUT2D eigenvalue weighted by Gasteiger charge is 2.19. The fourth-order valence-electron chi connectivity index (χ4n) is 1.43. The van der Waals surface area contributed by atoms with Gasteiger partial charge in [-0.05, 0) is 23.8 Å². The lowest BCUT2D eigenvalue weighted by Gasteiger charge is -2.14. The lowest BCUT2D eigenvalue weighted by atomic mass is 10.1. The molecular weight excluding hydrogens is 246 g/mol. The average molecular weight is 258 g/mol. The Balaban J connectivity index is 2.94. The number of hydrogen-bond acceptors (Lipinski definition) is 3. The van der Waals surface area contributed by atoms with Gasteiger partial charge in [-0.1, -0.05) is 11.6 Å². The van der Waals surface area contributed by atoms with Gasteiger partial charge >= 0.3 is 5.97 Å². The molecular formula is C11H12ClNO4. The Morgan fingerprint density at radius 2 is 2.35 bits per heavy atom. The van der Waals surface area contributed by atoms with E-state index in [1.807, 2.05) is 0 Å². The molecule has 5 nitrogen and oxygen atoms in total. The van der Waals surface area contributed by atoms with Crippen LogP contribution in [0.2, 0.25) is 5.02 Å². The quantitative estimate of drug-likeness (QED) is 0.748. The summed E-state index contributed by atoms with van der Waals surface area (Å²) in [4.78, 5) is 21.2. The molecule has 0 heterocycles. The monoisotopic (exact) mass is 257 g/mol. The zero-order chi connectivity index (χ0) is 12.8. The molecule has 1 atom stereocenters. The average Bonchev–Trinajstić information content (AvgIpc) is 2.28. The Bertz CT molecular complexity index is 422. The van der Waals surface area contributed by atoms with Crippen molar-refractivity contribution in [2.24, 2.45) is 0 Å². The van der Waals surface area contributed by atoms with E-state index in [0.29, 0.717) is 22.7 Å². The third-order valence-electron chi connectivity index (χ3n) is 2.23.